The Bertz CT molecular complexity index is 730. The fraction of sp³-hybridized carbons (Fsp3) is 0.348. The molecule has 1 nitrogen and oxygen atoms in total. The molecule has 25 heavy (non-hydrogen) atoms. The molecule has 0 aliphatic rings. The first-order valence-electron chi connectivity index (χ1n) is 8.65. The molecule has 0 saturated heterocycles. The van der Waals surface area contributed by atoms with Crippen LogP contribution < -0.4 is 0 Å². The molecule has 0 heterocycles. The molecule has 0 aliphatic carbocycles. The summed E-state index contributed by atoms with van der Waals surface area (Å²) in [5.41, 5.74) is 7.90. The van der Waals surface area contributed by atoms with Gasteiger partial charge in [-0.2, -0.15) is 0 Å². The first kappa shape index (κ1) is 21.2. The monoisotopic (exact) mass is 353 g/mol. The number of aliphatic imine (C=N–C) groups is 1. The topological polar surface area (TPSA) is 12.4 Å². The zero-order chi connectivity index (χ0) is 19.1. The molecule has 0 spiro atoms. The van der Waals surface area contributed by atoms with Crippen LogP contribution in [0, 0.1) is 12.8 Å². The summed E-state index contributed by atoms with van der Waals surface area (Å²) < 4.78 is 0. The second-order valence-corrected chi connectivity index (χ2v) is 7.36. The highest BCUT2D eigenvalue weighted by atomic mass is 32.1. The van der Waals surface area contributed by atoms with Crippen LogP contribution in [0.2, 0.25) is 0 Å². The van der Waals surface area contributed by atoms with E-state index in [1.165, 1.54) is 11.1 Å². The van der Waals surface area contributed by atoms with E-state index < -0.39 is 0 Å². The van der Waals surface area contributed by atoms with Gasteiger partial charge in [-0.05, 0) is 69.2 Å². The van der Waals surface area contributed by atoms with Crippen molar-refractivity contribution in [1.29, 1.82) is 0 Å². The Morgan fingerprint density at radius 1 is 1.12 bits per heavy atom. The first-order valence-corrected chi connectivity index (χ1v) is 9.10. The van der Waals surface area contributed by atoms with Crippen molar-refractivity contribution in [2.75, 3.05) is 0 Å². The average molecular weight is 354 g/mol. The maximum absolute atomic E-state index is 4.65. The minimum Gasteiger partial charge on any atom is -0.265 e. The van der Waals surface area contributed by atoms with Crippen molar-refractivity contribution in [3.8, 4) is 0 Å². The van der Waals surface area contributed by atoms with Gasteiger partial charge in [0.15, 0.2) is 0 Å². The molecular formula is C23H31NS. The predicted octanol–water partition coefficient (Wildman–Crippen LogP) is 7.18. The summed E-state index contributed by atoms with van der Waals surface area (Å²) in [6.45, 7) is 20.6. The van der Waals surface area contributed by atoms with Crippen molar-refractivity contribution in [2.24, 2.45) is 10.9 Å². The lowest BCUT2D eigenvalue weighted by atomic mass is 9.93. The molecule has 0 saturated carbocycles. The van der Waals surface area contributed by atoms with Gasteiger partial charge in [-0.25, -0.2) is 0 Å². The highest BCUT2D eigenvalue weighted by molar-refractivity contribution is 7.84. The first-order chi connectivity index (χ1) is 11.6. The van der Waals surface area contributed by atoms with Gasteiger partial charge in [-0.1, -0.05) is 55.5 Å². The Hall–Kier alpha value is -1.80. The third-order valence-corrected chi connectivity index (χ3v) is 5.24. The molecule has 0 aromatic heterocycles. The second kappa shape index (κ2) is 9.62. The van der Waals surface area contributed by atoms with E-state index >= 15 is 0 Å². The zero-order valence-electron chi connectivity index (χ0n) is 16.5. The van der Waals surface area contributed by atoms with Gasteiger partial charge in [0, 0.05) is 16.8 Å². The summed E-state index contributed by atoms with van der Waals surface area (Å²) in [5, 5.41) is 0. The van der Waals surface area contributed by atoms with Gasteiger partial charge in [-0.3, -0.25) is 4.99 Å². The van der Waals surface area contributed by atoms with E-state index in [-0.39, 0.29) is 0 Å². The molecular weight excluding hydrogens is 322 g/mol. The van der Waals surface area contributed by atoms with E-state index in [1.54, 1.807) is 0 Å². The summed E-state index contributed by atoms with van der Waals surface area (Å²) >= 11 is 4.59. The van der Waals surface area contributed by atoms with Crippen LogP contribution in [-0.4, -0.2) is 5.71 Å². The fourth-order valence-electron chi connectivity index (χ4n) is 2.31. The smallest absolute Gasteiger partial charge is 0.0307 e. The molecule has 0 aliphatic heterocycles. The SMILES string of the molecule is C=C(C)/C(C)=C(S)/C(C)=C/N=C(C)C(C)CC(=C)c1ccc(C)cc1. The lowest BCUT2D eigenvalue weighted by Gasteiger charge is -2.14. The summed E-state index contributed by atoms with van der Waals surface area (Å²) in [5.74, 6) is 0.340. The number of thiol groups is 1. The lowest BCUT2D eigenvalue weighted by molar-refractivity contribution is 0.798. The largest absolute Gasteiger partial charge is 0.265 e. The van der Waals surface area contributed by atoms with E-state index in [4.69, 9.17) is 0 Å². The van der Waals surface area contributed by atoms with Gasteiger partial charge in [0.2, 0.25) is 0 Å². The molecule has 1 aromatic rings. The number of allylic oxidation sites excluding steroid dienone is 4. The van der Waals surface area contributed by atoms with Crippen LogP contribution >= 0.6 is 12.6 Å². The Morgan fingerprint density at radius 3 is 2.20 bits per heavy atom. The van der Waals surface area contributed by atoms with Crippen molar-refractivity contribution in [1.82, 2.24) is 0 Å². The summed E-state index contributed by atoms with van der Waals surface area (Å²) in [6, 6.07) is 8.53. The Kier molecular flexibility index (Phi) is 8.18. The normalized spacial score (nSPS) is 14.8. The average Bonchev–Trinajstić information content (AvgIpc) is 2.58. The van der Waals surface area contributed by atoms with Gasteiger partial charge in [0.05, 0.1) is 0 Å². The van der Waals surface area contributed by atoms with E-state index in [2.05, 4.69) is 75.8 Å². The standard InChI is InChI=1S/C23H31NS/c1-15(2)20(7)23(25)19(6)14-24-21(8)17(4)13-18(5)22-11-9-16(3)10-12-22/h9-12,14,17,25H,1,5,13H2,2-4,6-8H3/b19-14+,23-20-,24-21?. The van der Waals surface area contributed by atoms with Crippen molar-refractivity contribution in [3.63, 3.8) is 0 Å². The summed E-state index contributed by atoms with van der Waals surface area (Å²) in [7, 11) is 0. The van der Waals surface area contributed by atoms with Crippen molar-refractivity contribution in [2.45, 2.75) is 48.0 Å². The van der Waals surface area contributed by atoms with E-state index in [0.29, 0.717) is 5.92 Å². The van der Waals surface area contributed by atoms with Crippen LogP contribution in [0.25, 0.3) is 5.57 Å². The van der Waals surface area contributed by atoms with Crippen molar-refractivity contribution < 1.29 is 0 Å². The van der Waals surface area contributed by atoms with Crippen LogP contribution in [0.15, 0.2) is 70.2 Å². The number of rotatable bonds is 7. The number of aryl methyl sites for hydroxylation is 1. The molecule has 134 valence electrons. The van der Waals surface area contributed by atoms with Crippen LogP contribution in [-0.2, 0) is 0 Å². The van der Waals surface area contributed by atoms with Crippen LogP contribution in [0.3, 0.4) is 0 Å². The third-order valence-electron chi connectivity index (χ3n) is 4.56. The highest BCUT2D eigenvalue weighted by Gasteiger charge is 2.09. The number of nitrogens with zero attached hydrogens (tertiary/aromatic N) is 1. The van der Waals surface area contributed by atoms with Crippen LogP contribution in [0.5, 0.6) is 0 Å². The number of benzene rings is 1. The molecule has 0 fully saturated rings. The van der Waals surface area contributed by atoms with Crippen molar-refractivity contribution in [3.05, 3.63) is 76.4 Å². The molecule has 1 atom stereocenters. The molecule has 0 N–H and O–H groups in total. The predicted molar refractivity (Wildman–Crippen MR) is 117 cm³/mol. The van der Waals surface area contributed by atoms with Crippen molar-refractivity contribution >= 4 is 23.9 Å². The molecule has 1 aromatic carbocycles. The quantitative estimate of drug-likeness (QED) is 0.303. The maximum Gasteiger partial charge on any atom is 0.0307 e. The number of hydrogen-bond acceptors (Lipinski definition) is 2. The van der Waals surface area contributed by atoms with Gasteiger partial charge in [-0.15, -0.1) is 12.6 Å². The van der Waals surface area contributed by atoms with Crippen LogP contribution in [0.4, 0.5) is 0 Å². The Morgan fingerprint density at radius 2 is 1.68 bits per heavy atom. The van der Waals surface area contributed by atoms with E-state index in [0.717, 1.165) is 39.3 Å². The molecule has 1 rings (SSSR count). The second-order valence-electron chi connectivity index (χ2n) is 6.91. The minimum atomic E-state index is 0.340. The molecule has 0 amide bonds. The third kappa shape index (κ3) is 6.55. The molecule has 2 heteroatoms. The minimum absolute atomic E-state index is 0.340. The molecule has 1 unspecified atom stereocenters. The number of hydrogen-bond donors (Lipinski definition) is 1. The summed E-state index contributed by atoms with van der Waals surface area (Å²) in [6.07, 6.45) is 2.80. The Balaban J connectivity index is 2.83. The van der Waals surface area contributed by atoms with Gasteiger partial charge in [0.25, 0.3) is 0 Å². The summed E-state index contributed by atoms with van der Waals surface area (Å²) in [4.78, 5) is 5.59. The highest BCUT2D eigenvalue weighted by Crippen LogP contribution is 2.24. The van der Waals surface area contributed by atoms with E-state index in [1.807, 2.05) is 27.0 Å². The van der Waals surface area contributed by atoms with Gasteiger partial charge >= 0.3 is 0 Å². The fourth-order valence-corrected chi connectivity index (χ4v) is 2.56. The molecule has 0 radical (unpaired) electrons. The van der Waals surface area contributed by atoms with Gasteiger partial charge in [0.1, 0.15) is 0 Å². The van der Waals surface area contributed by atoms with E-state index in [9.17, 15) is 0 Å². The molecule has 0 bridgehead atoms. The Labute approximate surface area is 159 Å². The zero-order valence-corrected chi connectivity index (χ0v) is 17.4. The maximum atomic E-state index is 4.65. The van der Waals surface area contributed by atoms with Gasteiger partial charge < -0.3 is 0 Å². The lowest BCUT2D eigenvalue weighted by Crippen LogP contribution is -2.07. The van der Waals surface area contributed by atoms with Crippen LogP contribution in [0.1, 0.15) is 52.2 Å².